The Kier molecular flexibility index (Phi) is 6.02. The number of aryl methyl sites for hydroxylation is 1. The van der Waals surface area contributed by atoms with E-state index in [9.17, 15) is 15.0 Å². The van der Waals surface area contributed by atoms with E-state index in [4.69, 9.17) is 0 Å². The summed E-state index contributed by atoms with van der Waals surface area (Å²) < 4.78 is 0. The molecule has 0 saturated heterocycles. The zero-order valence-electron chi connectivity index (χ0n) is 17.6. The summed E-state index contributed by atoms with van der Waals surface area (Å²) in [5.41, 5.74) is 0.792. The second-order valence-electron chi connectivity index (χ2n) is 8.32. The number of hydrogen-bond acceptors (Lipinski definition) is 7. The Labute approximate surface area is 185 Å². The predicted octanol–water partition coefficient (Wildman–Crippen LogP) is 4.75. The van der Waals surface area contributed by atoms with Crippen LogP contribution in [0.5, 0.6) is 0 Å². The molecule has 3 aromatic heterocycles. The molecule has 0 bridgehead atoms. The number of thiazole rings is 1. The van der Waals surface area contributed by atoms with Gasteiger partial charge >= 0.3 is 5.97 Å². The van der Waals surface area contributed by atoms with E-state index in [0.717, 1.165) is 22.0 Å². The highest BCUT2D eigenvalue weighted by molar-refractivity contribution is 7.15. The average Bonchev–Trinajstić information content (AvgIpc) is 3.25. The van der Waals surface area contributed by atoms with Gasteiger partial charge in [0.1, 0.15) is 22.2 Å². The number of nitrogens with zero attached hydrogens (tertiary/aromatic N) is 3. The maximum absolute atomic E-state index is 11.2. The normalized spacial score (nSPS) is 20.7. The Morgan fingerprint density at radius 3 is 2.65 bits per heavy atom. The van der Waals surface area contributed by atoms with Gasteiger partial charge in [0.15, 0.2) is 0 Å². The van der Waals surface area contributed by atoms with Crippen LogP contribution in [-0.2, 0) is 10.4 Å². The zero-order chi connectivity index (χ0) is 22.0. The summed E-state index contributed by atoms with van der Waals surface area (Å²) in [6.07, 6.45) is 6.05. The molecule has 4 rings (SSSR count). The molecule has 0 amide bonds. The molecule has 3 aromatic rings. The summed E-state index contributed by atoms with van der Waals surface area (Å²) in [5.74, 6) is 0.366. The van der Waals surface area contributed by atoms with Crippen molar-refractivity contribution in [1.29, 1.82) is 0 Å². The number of nitrogens with one attached hydrogen (secondary N) is 1. The van der Waals surface area contributed by atoms with Gasteiger partial charge in [0, 0.05) is 12.4 Å². The third kappa shape index (κ3) is 4.75. The van der Waals surface area contributed by atoms with E-state index in [2.05, 4.69) is 20.3 Å². The van der Waals surface area contributed by atoms with Crippen LogP contribution >= 0.6 is 11.3 Å². The van der Waals surface area contributed by atoms with Gasteiger partial charge in [0.25, 0.3) is 0 Å². The molecule has 3 heterocycles. The highest BCUT2D eigenvalue weighted by Crippen LogP contribution is 2.43. The lowest BCUT2D eigenvalue weighted by Gasteiger charge is -2.35. The number of aromatic nitrogens is 3. The van der Waals surface area contributed by atoms with Crippen LogP contribution in [0.15, 0.2) is 42.7 Å². The lowest BCUT2D eigenvalue weighted by molar-refractivity contribution is -0.144. The molecule has 8 heteroatoms. The number of aliphatic carboxylic acids is 1. The summed E-state index contributed by atoms with van der Waals surface area (Å²) in [6.45, 7) is 3.80. The molecule has 1 atom stereocenters. The van der Waals surface area contributed by atoms with Crippen LogP contribution in [0.25, 0.3) is 10.6 Å². The smallest absolute Gasteiger partial charge is 0.306 e. The van der Waals surface area contributed by atoms with Crippen molar-refractivity contribution in [1.82, 2.24) is 15.0 Å². The summed E-state index contributed by atoms with van der Waals surface area (Å²) >= 11 is 1.43. The number of aliphatic hydroxyl groups is 1. The first-order valence-electron chi connectivity index (χ1n) is 10.4. The molecule has 31 heavy (non-hydrogen) atoms. The van der Waals surface area contributed by atoms with Gasteiger partial charge < -0.3 is 15.5 Å². The second-order valence-corrected chi connectivity index (χ2v) is 9.35. The minimum atomic E-state index is -1.09. The topological polar surface area (TPSA) is 108 Å². The first-order chi connectivity index (χ1) is 14.8. The van der Waals surface area contributed by atoms with E-state index >= 15 is 0 Å². The first kappa shape index (κ1) is 21.4. The number of hydrogen-bond donors (Lipinski definition) is 3. The molecule has 1 unspecified atom stereocenters. The molecule has 1 aliphatic rings. The van der Waals surface area contributed by atoms with Crippen molar-refractivity contribution in [3.8, 4) is 10.6 Å². The number of carbonyl (C=O) groups is 1. The van der Waals surface area contributed by atoms with E-state index in [1.165, 1.54) is 11.3 Å². The average molecular weight is 439 g/mol. The largest absolute Gasteiger partial charge is 0.481 e. The van der Waals surface area contributed by atoms with Crippen molar-refractivity contribution in [2.24, 2.45) is 11.8 Å². The van der Waals surface area contributed by atoms with Gasteiger partial charge in [-0.15, -0.1) is 11.3 Å². The molecular weight excluding hydrogens is 412 g/mol. The van der Waals surface area contributed by atoms with Gasteiger partial charge in [0.05, 0.1) is 16.5 Å². The maximum Gasteiger partial charge on any atom is 0.306 e. The van der Waals surface area contributed by atoms with Gasteiger partial charge in [-0.2, -0.15) is 0 Å². The predicted molar refractivity (Wildman–Crippen MR) is 120 cm³/mol. The molecule has 1 fully saturated rings. The third-order valence-electron chi connectivity index (χ3n) is 5.98. The van der Waals surface area contributed by atoms with Crippen molar-refractivity contribution < 1.29 is 15.0 Å². The number of anilines is 2. The third-order valence-corrected chi connectivity index (χ3v) is 7.23. The van der Waals surface area contributed by atoms with Crippen LogP contribution in [-0.4, -0.2) is 31.1 Å². The molecule has 0 aromatic carbocycles. The quantitative estimate of drug-likeness (QED) is 0.509. The van der Waals surface area contributed by atoms with Crippen molar-refractivity contribution in [2.75, 3.05) is 5.32 Å². The van der Waals surface area contributed by atoms with E-state index in [1.54, 1.807) is 19.3 Å². The molecular formula is C23H26N4O3S. The SMILES string of the molecule is Cc1ccnc(Nc2cccc(-c3cnc(C(C)(O)C4CCC(C(=O)O)CC4)s3)n2)c1. The van der Waals surface area contributed by atoms with Gasteiger partial charge in [0.2, 0.25) is 0 Å². The van der Waals surface area contributed by atoms with Crippen molar-refractivity contribution >= 4 is 28.9 Å². The molecule has 0 aliphatic heterocycles. The Balaban J connectivity index is 1.50. The lowest BCUT2D eigenvalue weighted by Crippen LogP contribution is -2.35. The van der Waals surface area contributed by atoms with Crippen molar-refractivity contribution in [3.05, 3.63) is 53.3 Å². The van der Waals surface area contributed by atoms with Crippen LogP contribution in [0.3, 0.4) is 0 Å². The minimum Gasteiger partial charge on any atom is -0.481 e. The fourth-order valence-corrected chi connectivity index (χ4v) is 5.09. The molecule has 3 N–H and O–H groups in total. The molecule has 7 nitrogen and oxygen atoms in total. The molecule has 0 spiro atoms. The standard InChI is InChI=1S/C23H26N4O3S/c1-14-10-11-24-20(12-14)27-19-5-3-4-17(26-19)18-13-25-22(31-18)23(2,30)16-8-6-15(7-9-16)21(28)29/h3-5,10-13,15-16,30H,6-9H2,1-2H3,(H,28,29)(H,24,26,27). The number of pyridine rings is 2. The minimum absolute atomic E-state index is 0.00421. The van der Waals surface area contributed by atoms with Crippen molar-refractivity contribution in [2.45, 2.75) is 45.1 Å². The summed E-state index contributed by atoms with van der Waals surface area (Å²) in [4.78, 5) is 25.6. The summed E-state index contributed by atoms with van der Waals surface area (Å²) in [6, 6.07) is 9.61. The maximum atomic E-state index is 11.2. The number of carboxylic acid groups (broad SMARTS) is 1. The highest BCUT2D eigenvalue weighted by Gasteiger charge is 2.40. The van der Waals surface area contributed by atoms with E-state index in [1.807, 2.05) is 37.3 Å². The fraction of sp³-hybridized carbons (Fsp3) is 0.391. The van der Waals surface area contributed by atoms with Crippen molar-refractivity contribution in [3.63, 3.8) is 0 Å². The Hall–Kier alpha value is -2.84. The number of carboxylic acids is 1. The van der Waals surface area contributed by atoms with Gasteiger partial charge in [-0.25, -0.2) is 15.0 Å². The molecule has 1 saturated carbocycles. The van der Waals surface area contributed by atoms with Gasteiger partial charge in [-0.05, 0) is 75.3 Å². The molecule has 1 aliphatic carbocycles. The first-order valence-corrected chi connectivity index (χ1v) is 11.2. The lowest BCUT2D eigenvalue weighted by atomic mass is 9.74. The van der Waals surface area contributed by atoms with Crippen LogP contribution in [0, 0.1) is 18.8 Å². The van der Waals surface area contributed by atoms with Crippen LogP contribution in [0.1, 0.15) is 43.2 Å². The van der Waals surface area contributed by atoms with Crippen LogP contribution in [0.2, 0.25) is 0 Å². The summed E-state index contributed by atoms with van der Waals surface area (Å²) in [7, 11) is 0. The zero-order valence-corrected chi connectivity index (χ0v) is 18.4. The van der Waals surface area contributed by atoms with E-state index < -0.39 is 11.6 Å². The van der Waals surface area contributed by atoms with Crippen LogP contribution < -0.4 is 5.32 Å². The second kappa shape index (κ2) is 8.72. The monoisotopic (exact) mass is 438 g/mol. The molecule has 162 valence electrons. The Morgan fingerprint density at radius 2 is 1.94 bits per heavy atom. The highest BCUT2D eigenvalue weighted by atomic mass is 32.1. The van der Waals surface area contributed by atoms with E-state index in [-0.39, 0.29) is 11.8 Å². The molecule has 0 radical (unpaired) electrons. The van der Waals surface area contributed by atoms with Crippen LogP contribution in [0.4, 0.5) is 11.6 Å². The van der Waals surface area contributed by atoms with Gasteiger partial charge in [-0.1, -0.05) is 6.07 Å². The Morgan fingerprint density at radius 1 is 1.16 bits per heavy atom. The number of rotatable bonds is 6. The fourth-order valence-electron chi connectivity index (χ4n) is 4.08. The summed E-state index contributed by atoms with van der Waals surface area (Å²) in [5, 5.41) is 24.3. The van der Waals surface area contributed by atoms with Gasteiger partial charge in [-0.3, -0.25) is 4.79 Å². The Bertz CT molecular complexity index is 1070. The van der Waals surface area contributed by atoms with E-state index in [0.29, 0.717) is 36.5 Å².